The molecule has 0 aliphatic heterocycles. The fourth-order valence-corrected chi connectivity index (χ4v) is 1.72. The number of aliphatic hydroxyl groups is 1. The lowest BCUT2D eigenvalue weighted by molar-refractivity contribution is 0.0697. The number of carbonyl (C=O) groups is 1. The first-order valence-electron chi connectivity index (χ1n) is 4.33. The summed E-state index contributed by atoms with van der Waals surface area (Å²) in [5.74, 6) is -0.879. The van der Waals surface area contributed by atoms with Crippen molar-refractivity contribution in [3.05, 3.63) is 35.9 Å². The Kier molecular flexibility index (Phi) is 7.79. The van der Waals surface area contributed by atoms with Gasteiger partial charge >= 0.3 is 12.0 Å². The first-order valence-corrected chi connectivity index (χ1v) is 9.57. The fourth-order valence-electron chi connectivity index (χ4n) is 0.708. The molecule has 0 saturated carbocycles. The fraction of sp³-hybridized carbons (Fsp3) is 0.222. The van der Waals surface area contributed by atoms with Gasteiger partial charge in [-0.1, -0.05) is 18.2 Å². The van der Waals surface area contributed by atoms with Gasteiger partial charge in [0, 0.05) is 12.7 Å². The van der Waals surface area contributed by atoms with Crippen LogP contribution in [-0.2, 0) is 0 Å². The molecule has 0 fully saturated rings. The van der Waals surface area contributed by atoms with Gasteiger partial charge in [-0.2, -0.15) is 0 Å². The third-order valence-corrected chi connectivity index (χ3v) is 3.91. The summed E-state index contributed by atoms with van der Waals surface area (Å²) >= 11 is 16.0. The van der Waals surface area contributed by atoms with E-state index >= 15 is 0 Å². The van der Waals surface area contributed by atoms with Crippen LogP contribution in [0.1, 0.15) is 10.4 Å². The normalized spacial score (nSPS) is 10.2. The molecule has 1 aromatic rings. The van der Waals surface area contributed by atoms with Crippen LogP contribution in [0.5, 0.6) is 0 Å². The van der Waals surface area contributed by atoms with Gasteiger partial charge in [-0.05, 0) is 12.1 Å². The molecular formula is C9H11Cl3O3Si. The van der Waals surface area contributed by atoms with Crippen molar-refractivity contribution in [3.8, 4) is 0 Å². The minimum absolute atomic E-state index is 0.0251. The number of halogens is 3. The summed E-state index contributed by atoms with van der Waals surface area (Å²) in [6.45, 7) is -0.0251. The number of aliphatic hydroxyl groups excluding tert-OH is 1. The van der Waals surface area contributed by atoms with Gasteiger partial charge in [0.05, 0.1) is 5.56 Å². The summed E-state index contributed by atoms with van der Waals surface area (Å²) in [6.07, 6.45) is 0. The minimum atomic E-state index is -2.49. The number of hydrogen-bond donors (Lipinski definition) is 2. The molecule has 90 valence electrons. The minimum Gasteiger partial charge on any atom is -0.478 e. The van der Waals surface area contributed by atoms with Crippen LogP contribution in [0.3, 0.4) is 0 Å². The van der Waals surface area contributed by atoms with Crippen LogP contribution in [0, 0.1) is 0 Å². The zero-order valence-electron chi connectivity index (χ0n) is 8.24. The van der Waals surface area contributed by atoms with E-state index < -0.39 is 12.0 Å². The highest BCUT2D eigenvalue weighted by molar-refractivity contribution is 7.64. The predicted molar refractivity (Wildman–Crippen MR) is 68.6 cm³/mol. The molecule has 1 rings (SSSR count). The highest BCUT2D eigenvalue weighted by Gasteiger charge is 2.23. The Balaban J connectivity index is 0.000000293. The van der Waals surface area contributed by atoms with E-state index in [0.717, 1.165) is 0 Å². The highest BCUT2D eigenvalue weighted by atomic mass is 35.8. The second kappa shape index (κ2) is 7.92. The van der Waals surface area contributed by atoms with Gasteiger partial charge in [0.25, 0.3) is 0 Å². The number of benzene rings is 1. The van der Waals surface area contributed by atoms with Crippen LogP contribution in [0.4, 0.5) is 0 Å². The van der Waals surface area contributed by atoms with Crippen LogP contribution in [0.15, 0.2) is 30.3 Å². The van der Waals surface area contributed by atoms with Crippen molar-refractivity contribution in [1.29, 1.82) is 0 Å². The van der Waals surface area contributed by atoms with Gasteiger partial charge < -0.3 is 10.2 Å². The molecule has 0 radical (unpaired) electrons. The topological polar surface area (TPSA) is 57.5 Å². The van der Waals surface area contributed by atoms with Gasteiger partial charge in [0.2, 0.25) is 0 Å². The standard InChI is InChI=1S/C7H6O2.C2H5Cl3OSi/c8-7(9)6-4-2-1-3-5-6;3-7(4,5)2-1-6/h1-5H,(H,8,9);6H,1-2H2. The maximum absolute atomic E-state index is 10.2. The van der Waals surface area contributed by atoms with Crippen molar-refractivity contribution in [3.63, 3.8) is 0 Å². The van der Waals surface area contributed by atoms with Crippen molar-refractivity contribution in [2.75, 3.05) is 6.61 Å². The molecule has 0 amide bonds. The summed E-state index contributed by atoms with van der Waals surface area (Å²) in [6, 6.07) is 6.14. The monoisotopic (exact) mass is 300 g/mol. The molecular weight excluding hydrogens is 291 g/mol. The van der Waals surface area contributed by atoms with Crippen LogP contribution < -0.4 is 0 Å². The third-order valence-electron chi connectivity index (χ3n) is 1.42. The van der Waals surface area contributed by atoms with E-state index in [2.05, 4.69) is 0 Å². The molecule has 16 heavy (non-hydrogen) atoms. The lowest BCUT2D eigenvalue weighted by Crippen LogP contribution is -2.10. The van der Waals surface area contributed by atoms with Crippen LogP contribution in [0.2, 0.25) is 6.04 Å². The molecule has 0 heterocycles. The highest BCUT2D eigenvalue weighted by Crippen LogP contribution is 2.23. The predicted octanol–water partition coefficient (Wildman–Crippen LogP) is 3.02. The Hall–Kier alpha value is -0.263. The molecule has 0 saturated heterocycles. The second-order valence-electron chi connectivity index (χ2n) is 2.76. The lowest BCUT2D eigenvalue weighted by atomic mass is 10.2. The summed E-state index contributed by atoms with van der Waals surface area (Å²) in [5, 5.41) is 16.6. The van der Waals surface area contributed by atoms with Crippen molar-refractivity contribution in [1.82, 2.24) is 0 Å². The molecule has 1 aromatic carbocycles. The van der Waals surface area contributed by atoms with Crippen molar-refractivity contribution in [2.45, 2.75) is 6.04 Å². The molecule has 0 spiro atoms. The molecule has 0 aliphatic carbocycles. The number of rotatable bonds is 3. The SMILES string of the molecule is O=C(O)c1ccccc1.OCC[Si](Cl)(Cl)Cl. The maximum Gasteiger partial charge on any atom is 0.343 e. The number of carboxylic acids is 1. The van der Waals surface area contributed by atoms with E-state index in [0.29, 0.717) is 11.6 Å². The Morgan fingerprint density at radius 3 is 1.88 bits per heavy atom. The van der Waals surface area contributed by atoms with Crippen LogP contribution in [0.25, 0.3) is 0 Å². The van der Waals surface area contributed by atoms with Crippen molar-refractivity contribution >= 4 is 45.2 Å². The largest absolute Gasteiger partial charge is 0.478 e. The first kappa shape index (κ1) is 15.7. The van der Waals surface area contributed by atoms with Gasteiger partial charge in [-0.3, -0.25) is 0 Å². The molecule has 3 nitrogen and oxygen atoms in total. The summed E-state index contributed by atoms with van der Waals surface area (Å²) in [5.41, 5.74) is 0.331. The summed E-state index contributed by atoms with van der Waals surface area (Å²) in [4.78, 5) is 10.2. The van der Waals surface area contributed by atoms with Gasteiger partial charge in [-0.25, -0.2) is 4.79 Å². The number of hydrogen-bond acceptors (Lipinski definition) is 2. The average molecular weight is 302 g/mol. The first-order chi connectivity index (χ1) is 7.37. The maximum atomic E-state index is 10.2. The summed E-state index contributed by atoms with van der Waals surface area (Å²) in [7, 11) is 0. The quantitative estimate of drug-likeness (QED) is 0.666. The van der Waals surface area contributed by atoms with E-state index in [9.17, 15) is 4.79 Å². The Morgan fingerprint density at radius 2 is 1.69 bits per heavy atom. The molecule has 0 bridgehead atoms. The van der Waals surface area contributed by atoms with Gasteiger partial charge in [-0.15, -0.1) is 33.2 Å². The smallest absolute Gasteiger partial charge is 0.343 e. The zero-order chi connectivity index (χ0) is 12.6. The van der Waals surface area contributed by atoms with Crippen LogP contribution >= 0.6 is 33.2 Å². The van der Waals surface area contributed by atoms with E-state index in [1.165, 1.54) is 0 Å². The zero-order valence-corrected chi connectivity index (χ0v) is 11.5. The second-order valence-corrected chi connectivity index (χ2v) is 12.0. The Labute approximate surface area is 109 Å². The Bertz CT molecular complexity index is 314. The molecule has 0 aromatic heterocycles. The van der Waals surface area contributed by atoms with Gasteiger partial charge in [0.15, 0.2) is 0 Å². The van der Waals surface area contributed by atoms with Crippen molar-refractivity contribution < 1.29 is 15.0 Å². The molecule has 0 atom stereocenters. The summed E-state index contributed by atoms with van der Waals surface area (Å²) < 4.78 is 0. The van der Waals surface area contributed by atoms with E-state index in [1.54, 1.807) is 30.3 Å². The van der Waals surface area contributed by atoms with E-state index in [1.807, 2.05) is 0 Å². The molecule has 2 N–H and O–H groups in total. The van der Waals surface area contributed by atoms with Gasteiger partial charge in [0.1, 0.15) is 0 Å². The molecule has 0 aliphatic rings. The molecule has 7 heteroatoms. The third kappa shape index (κ3) is 9.00. The van der Waals surface area contributed by atoms with Crippen molar-refractivity contribution in [2.24, 2.45) is 0 Å². The Morgan fingerprint density at radius 1 is 1.19 bits per heavy atom. The van der Waals surface area contributed by atoms with E-state index in [4.69, 9.17) is 43.5 Å². The number of carboxylic acid groups (broad SMARTS) is 1. The van der Waals surface area contributed by atoms with E-state index in [-0.39, 0.29) is 6.61 Å². The lowest BCUT2D eigenvalue weighted by Gasteiger charge is -2.01. The van der Waals surface area contributed by atoms with Crippen LogP contribution in [-0.4, -0.2) is 28.8 Å². The average Bonchev–Trinajstić information content (AvgIpc) is 2.18. The molecule has 0 unspecified atom stereocenters. The number of aromatic carboxylic acids is 1.